The molecular weight excluding hydrogens is 285 g/mol. The number of nitrogens with zero attached hydrogens (tertiary/aromatic N) is 2. The second-order valence-corrected chi connectivity index (χ2v) is 4.88. The van der Waals surface area contributed by atoms with Gasteiger partial charge >= 0.3 is 0 Å². The van der Waals surface area contributed by atoms with E-state index in [0.29, 0.717) is 36.7 Å². The number of fused-ring (bicyclic) bond motifs is 1. The Morgan fingerprint density at radius 1 is 1.36 bits per heavy atom. The van der Waals surface area contributed by atoms with Crippen molar-refractivity contribution in [3.05, 3.63) is 53.0 Å². The maximum atomic E-state index is 13.6. The highest BCUT2D eigenvalue weighted by atomic mass is 19.1. The van der Waals surface area contributed by atoms with Gasteiger partial charge in [-0.3, -0.25) is 0 Å². The second kappa shape index (κ2) is 6.41. The molecule has 0 atom stereocenters. The lowest BCUT2D eigenvalue weighted by atomic mass is 10.1. The van der Waals surface area contributed by atoms with Gasteiger partial charge in [0.1, 0.15) is 23.5 Å². The molecule has 1 aromatic carbocycles. The summed E-state index contributed by atoms with van der Waals surface area (Å²) in [5.41, 5.74) is 2.05. The Hall–Kier alpha value is -2.65. The van der Waals surface area contributed by atoms with Crippen LogP contribution < -0.4 is 10.1 Å². The first-order valence-corrected chi connectivity index (χ1v) is 6.88. The monoisotopic (exact) mass is 299 g/mol. The topological polar surface area (TPSA) is 67.2 Å². The average Bonchev–Trinajstić information content (AvgIpc) is 2.55. The highest BCUT2D eigenvalue weighted by Gasteiger charge is 2.16. The molecule has 0 radical (unpaired) electrons. The van der Waals surface area contributed by atoms with E-state index in [1.807, 2.05) is 6.07 Å². The van der Waals surface area contributed by atoms with Crippen molar-refractivity contribution in [2.45, 2.75) is 13.0 Å². The van der Waals surface area contributed by atoms with Gasteiger partial charge in [0, 0.05) is 18.3 Å². The highest BCUT2D eigenvalue weighted by molar-refractivity contribution is 5.44. The first-order chi connectivity index (χ1) is 10.8. The van der Waals surface area contributed by atoms with Crippen LogP contribution in [0.15, 0.2) is 30.5 Å². The zero-order valence-corrected chi connectivity index (χ0v) is 11.8. The molecule has 0 amide bonds. The van der Waals surface area contributed by atoms with Crippen LogP contribution in [-0.2, 0) is 17.8 Å². The predicted molar refractivity (Wildman–Crippen MR) is 77.8 cm³/mol. The van der Waals surface area contributed by atoms with Gasteiger partial charge in [0.05, 0.1) is 12.2 Å². The predicted octanol–water partition coefficient (Wildman–Crippen LogP) is 2.61. The van der Waals surface area contributed by atoms with Gasteiger partial charge in [-0.15, -0.1) is 0 Å². The van der Waals surface area contributed by atoms with Gasteiger partial charge in [-0.2, -0.15) is 5.26 Å². The van der Waals surface area contributed by atoms with Crippen LogP contribution in [0.4, 0.5) is 10.2 Å². The molecule has 5 nitrogen and oxygen atoms in total. The molecule has 3 rings (SSSR count). The first kappa shape index (κ1) is 14.3. The number of anilines is 1. The molecule has 1 aromatic heterocycles. The first-order valence-electron chi connectivity index (χ1n) is 6.88. The van der Waals surface area contributed by atoms with Crippen molar-refractivity contribution in [1.82, 2.24) is 4.98 Å². The summed E-state index contributed by atoms with van der Waals surface area (Å²) in [7, 11) is 0. The van der Waals surface area contributed by atoms with Gasteiger partial charge in [-0.25, -0.2) is 9.37 Å². The third-order valence-corrected chi connectivity index (χ3v) is 3.34. The number of pyridine rings is 1. The Morgan fingerprint density at radius 3 is 3.05 bits per heavy atom. The zero-order valence-electron chi connectivity index (χ0n) is 11.8. The molecule has 1 aliphatic heterocycles. The Kier molecular flexibility index (Phi) is 4.17. The van der Waals surface area contributed by atoms with Crippen molar-refractivity contribution in [2.24, 2.45) is 0 Å². The van der Waals surface area contributed by atoms with E-state index < -0.39 is 0 Å². The van der Waals surface area contributed by atoms with Crippen LogP contribution in [0.5, 0.6) is 5.75 Å². The molecule has 0 spiro atoms. The normalized spacial score (nSPS) is 12.9. The summed E-state index contributed by atoms with van der Waals surface area (Å²) in [4.78, 5) is 4.13. The average molecular weight is 299 g/mol. The Morgan fingerprint density at radius 2 is 2.27 bits per heavy atom. The Balaban J connectivity index is 1.66. The molecule has 0 saturated heterocycles. The van der Waals surface area contributed by atoms with Crippen LogP contribution in [0.1, 0.15) is 16.7 Å². The molecule has 0 saturated carbocycles. The minimum Gasteiger partial charge on any atom is -0.467 e. The molecule has 0 unspecified atom stereocenters. The van der Waals surface area contributed by atoms with Crippen molar-refractivity contribution >= 4 is 5.82 Å². The summed E-state index contributed by atoms with van der Waals surface area (Å²) in [5, 5.41) is 11.9. The van der Waals surface area contributed by atoms with Crippen molar-refractivity contribution in [3.63, 3.8) is 0 Å². The minimum atomic E-state index is -0.292. The number of rotatable bonds is 4. The van der Waals surface area contributed by atoms with Crippen LogP contribution in [0.25, 0.3) is 0 Å². The third-order valence-electron chi connectivity index (χ3n) is 3.34. The molecule has 2 heterocycles. The largest absolute Gasteiger partial charge is 0.467 e. The summed E-state index contributed by atoms with van der Waals surface area (Å²) >= 11 is 0. The summed E-state index contributed by atoms with van der Waals surface area (Å²) < 4.78 is 24.2. The fourth-order valence-corrected chi connectivity index (χ4v) is 2.33. The van der Waals surface area contributed by atoms with E-state index in [9.17, 15) is 4.39 Å². The van der Waals surface area contributed by atoms with Gasteiger partial charge in [-0.1, -0.05) is 0 Å². The molecule has 112 valence electrons. The maximum absolute atomic E-state index is 13.6. The lowest BCUT2D eigenvalue weighted by Crippen LogP contribution is -2.15. The van der Waals surface area contributed by atoms with E-state index in [0.717, 1.165) is 11.1 Å². The summed E-state index contributed by atoms with van der Waals surface area (Å²) in [6.07, 6.45) is 2.11. The number of nitriles is 1. The third kappa shape index (κ3) is 3.15. The standard InChI is InChI=1S/C16H14FN3O2/c17-14-5-12(16-13(6-14)9-21-10-22-16)3-4-19-15-2-1-11(7-18)8-20-15/h1-2,5-6,8H,3-4,9-10H2,(H,19,20). The molecule has 0 bridgehead atoms. The molecule has 6 heteroatoms. The fraction of sp³-hybridized carbons (Fsp3) is 0.250. The van der Waals surface area contributed by atoms with E-state index in [4.69, 9.17) is 14.7 Å². The van der Waals surface area contributed by atoms with Crippen molar-refractivity contribution in [1.29, 1.82) is 5.26 Å². The summed E-state index contributed by atoms with van der Waals surface area (Å²) in [5.74, 6) is 1.09. The van der Waals surface area contributed by atoms with Gasteiger partial charge in [-0.05, 0) is 36.2 Å². The number of hydrogen-bond acceptors (Lipinski definition) is 5. The van der Waals surface area contributed by atoms with Crippen LogP contribution in [-0.4, -0.2) is 18.3 Å². The molecule has 0 fully saturated rings. The van der Waals surface area contributed by atoms with Crippen LogP contribution in [0, 0.1) is 17.1 Å². The lowest BCUT2D eigenvalue weighted by Gasteiger charge is -2.21. The van der Waals surface area contributed by atoms with Crippen LogP contribution in [0.2, 0.25) is 0 Å². The smallest absolute Gasteiger partial charge is 0.189 e. The Labute approximate surface area is 127 Å². The number of ether oxygens (including phenoxy) is 2. The molecule has 1 N–H and O–H groups in total. The SMILES string of the molecule is N#Cc1ccc(NCCc2cc(F)cc3c2OCOC3)nc1. The van der Waals surface area contributed by atoms with Crippen LogP contribution in [0.3, 0.4) is 0 Å². The van der Waals surface area contributed by atoms with Gasteiger partial charge in [0.15, 0.2) is 6.79 Å². The van der Waals surface area contributed by atoms with Gasteiger partial charge in [0.2, 0.25) is 0 Å². The van der Waals surface area contributed by atoms with E-state index in [1.54, 1.807) is 12.1 Å². The number of benzene rings is 1. The number of hydrogen-bond donors (Lipinski definition) is 1. The summed E-state index contributed by atoms with van der Waals surface area (Å²) in [6.45, 7) is 1.14. The molecule has 22 heavy (non-hydrogen) atoms. The maximum Gasteiger partial charge on any atom is 0.189 e. The highest BCUT2D eigenvalue weighted by Crippen LogP contribution is 2.29. The van der Waals surface area contributed by atoms with E-state index in [2.05, 4.69) is 10.3 Å². The van der Waals surface area contributed by atoms with Crippen LogP contribution >= 0.6 is 0 Å². The molecule has 1 aliphatic rings. The minimum absolute atomic E-state index is 0.191. The zero-order chi connectivity index (χ0) is 15.4. The molecular formula is C16H14FN3O2. The van der Waals surface area contributed by atoms with Crippen molar-refractivity contribution < 1.29 is 13.9 Å². The Bertz CT molecular complexity index is 711. The van der Waals surface area contributed by atoms with Crippen molar-refractivity contribution in [2.75, 3.05) is 18.7 Å². The number of halogens is 1. The fourth-order valence-electron chi connectivity index (χ4n) is 2.33. The van der Waals surface area contributed by atoms with Gasteiger partial charge in [0.25, 0.3) is 0 Å². The van der Waals surface area contributed by atoms with Gasteiger partial charge < -0.3 is 14.8 Å². The number of nitrogens with one attached hydrogen (secondary N) is 1. The summed E-state index contributed by atoms with van der Waals surface area (Å²) in [6, 6.07) is 8.37. The van der Waals surface area contributed by atoms with E-state index >= 15 is 0 Å². The van der Waals surface area contributed by atoms with Crippen molar-refractivity contribution in [3.8, 4) is 11.8 Å². The van der Waals surface area contributed by atoms with E-state index in [1.165, 1.54) is 18.3 Å². The quantitative estimate of drug-likeness (QED) is 0.940. The lowest BCUT2D eigenvalue weighted by molar-refractivity contribution is -0.0172. The van der Waals surface area contributed by atoms with E-state index in [-0.39, 0.29) is 12.6 Å². The number of aromatic nitrogens is 1. The molecule has 0 aliphatic carbocycles. The molecule has 2 aromatic rings. The second-order valence-electron chi connectivity index (χ2n) is 4.88.